The molecule has 2 unspecified atom stereocenters. The molecule has 138 valence electrons. The van der Waals surface area contributed by atoms with Crippen LogP contribution in [-0.2, 0) is 4.74 Å². The number of furan rings is 1. The van der Waals surface area contributed by atoms with E-state index in [1.807, 2.05) is 4.90 Å². The average molecular weight is 346 g/mol. The number of rotatable bonds is 5. The van der Waals surface area contributed by atoms with Gasteiger partial charge in [-0.15, -0.1) is 0 Å². The van der Waals surface area contributed by atoms with Gasteiger partial charge in [0.15, 0.2) is 0 Å². The Labute approximate surface area is 150 Å². The Bertz CT molecular complexity index is 572. The molecule has 4 rings (SSSR count). The van der Waals surface area contributed by atoms with Crippen LogP contribution in [0.3, 0.4) is 0 Å². The summed E-state index contributed by atoms with van der Waals surface area (Å²) in [6.07, 6.45) is 12.1. The molecule has 3 aliphatic rings. The van der Waals surface area contributed by atoms with Crippen molar-refractivity contribution in [3.05, 3.63) is 24.2 Å². The summed E-state index contributed by atoms with van der Waals surface area (Å²) in [6, 6.07) is 2.88. The van der Waals surface area contributed by atoms with E-state index in [2.05, 4.69) is 12.2 Å². The second-order valence-corrected chi connectivity index (χ2v) is 7.92. The fraction of sp³-hybridized carbons (Fsp3) is 0.750. The molecule has 5 heteroatoms. The zero-order valence-electron chi connectivity index (χ0n) is 15.2. The van der Waals surface area contributed by atoms with Crippen molar-refractivity contribution in [1.82, 2.24) is 10.2 Å². The van der Waals surface area contributed by atoms with E-state index in [0.717, 1.165) is 39.0 Å². The lowest BCUT2D eigenvalue weighted by Crippen LogP contribution is -2.65. The van der Waals surface area contributed by atoms with Gasteiger partial charge in [0.1, 0.15) is 6.26 Å². The number of nitrogens with zero attached hydrogens (tertiary/aromatic N) is 1. The number of piperidine rings is 1. The van der Waals surface area contributed by atoms with Crippen molar-refractivity contribution in [3.8, 4) is 0 Å². The molecule has 0 radical (unpaired) electrons. The molecule has 2 saturated carbocycles. The number of nitrogens with one attached hydrogen (secondary N) is 1. The lowest BCUT2D eigenvalue weighted by Gasteiger charge is -2.55. The van der Waals surface area contributed by atoms with Crippen LogP contribution in [0.2, 0.25) is 0 Å². The number of ether oxygens (including phenoxy) is 1. The summed E-state index contributed by atoms with van der Waals surface area (Å²) in [5.74, 6) is 0.0968. The van der Waals surface area contributed by atoms with Gasteiger partial charge in [-0.3, -0.25) is 4.79 Å². The van der Waals surface area contributed by atoms with Gasteiger partial charge in [-0.25, -0.2) is 0 Å². The highest BCUT2D eigenvalue weighted by molar-refractivity contribution is 5.93. The van der Waals surface area contributed by atoms with Crippen LogP contribution in [-0.4, -0.2) is 48.7 Å². The minimum atomic E-state index is 0.0968. The van der Waals surface area contributed by atoms with Gasteiger partial charge in [-0.2, -0.15) is 0 Å². The standard InChI is InChI=1S/C20H30N2O3/c1-2-25-18-13-17(20(18)8-3-4-9-20)21-16-5-10-22(11-6-16)19(23)15-7-12-24-14-15/h7,12,14,16-18,21H,2-6,8-11,13H2,1H3. The minimum absolute atomic E-state index is 0.0968. The van der Waals surface area contributed by atoms with Gasteiger partial charge in [0, 0.05) is 37.2 Å². The van der Waals surface area contributed by atoms with Gasteiger partial charge >= 0.3 is 0 Å². The topological polar surface area (TPSA) is 54.7 Å². The molecule has 5 nitrogen and oxygen atoms in total. The molecule has 2 heterocycles. The third-order valence-electron chi connectivity index (χ3n) is 6.67. The highest BCUT2D eigenvalue weighted by Gasteiger charge is 2.56. The maximum atomic E-state index is 12.4. The molecular weight excluding hydrogens is 316 g/mol. The molecule has 1 aliphatic heterocycles. The number of hydrogen-bond acceptors (Lipinski definition) is 4. The Hall–Kier alpha value is -1.33. The Morgan fingerprint density at radius 2 is 2.12 bits per heavy atom. The van der Waals surface area contributed by atoms with Crippen molar-refractivity contribution >= 4 is 5.91 Å². The largest absolute Gasteiger partial charge is 0.472 e. The van der Waals surface area contributed by atoms with Crippen LogP contribution in [0.4, 0.5) is 0 Å². The molecule has 2 atom stereocenters. The third kappa shape index (κ3) is 3.13. The monoisotopic (exact) mass is 346 g/mol. The molecule has 1 saturated heterocycles. The van der Waals surface area contributed by atoms with E-state index in [9.17, 15) is 4.79 Å². The SMILES string of the molecule is CCOC1CC(NC2CCN(C(=O)c3ccoc3)CC2)C12CCCC2. The summed E-state index contributed by atoms with van der Waals surface area (Å²) in [4.78, 5) is 14.4. The summed E-state index contributed by atoms with van der Waals surface area (Å²) in [5.41, 5.74) is 1.05. The predicted octanol–water partition coefficient (Wildman–Crippen LogP) is 3.21. The third-order valence-corrected chi connectivity index (χ3v) is 6.67. The molecule has 1 aromatic rings. The molecule has 0 aromatic carbocycles. The van der Waals surface area contributed by atoms with E-state index in [4.69, 9.17) is 9.15 Å². The molecule has 25 heavy (non-hydrogen) atoms. The first-order valence-corrected chi connectivity index (χ1v) is 9.92. The maximum Gasteiger partial charge on any atom is 0.257 e. The fourth-order valence-corrected chi connectivity index (χ4v) is 5.22. The fourth-order valence-electron chi connectivity index (χ4n) is 5.22. The summed E-state index contributed by atoms with van der Waals surface area (Å²) in [7, 11) is 0. The van der Waals surface area contributed by atoms with Gasteiger partial charge in [0.05, 0.1) is 17.9 Å². The van der Waals surface area contributed by atoms with Crippen molar-refractivity contribution in [3.63, 3.8) is 0 Å². The minimum Gasteiger partial charge on any atom is -0.472 e. The van der Waals surface area contributed by atoms with E-state index >= 15 is 0 Å². The van der Waals surface area contributed by atoms with E-state index in [1.165, 1.54) is 25.7 Å². The van der Waals surface area contributed by atoms with Crippen LogP contribution in [0.15, 0.2) is 23.0 Å². The van der Waals surface area contributed by atoms with Gasteiger partial charge in [0.2, 0.25) is 0 Å². The number of carbonyl (C=O) groups is 1. The zero-order valence-corrected chi connectivity index (χ0v) is 15.2. The van der Waals surface area contributed by atoms with E-state index in [0.29, 0.717) is 29.2 Å². The van der Waals surface area contributed by atoms with Crippen molar-refractivity contribution < 1.29 is 13.9 Å². The molecule has 3 fully saturated rings. The molecule has 1 aromatic heterocycles. The van der Waals surface area contributed by atoms with Crippen molar-refractivity contribution in [2.75, 3.05) is 19.7 Å². The number of carbonyl (C=O) groups excluding carboxylic acids is 1. The molecule has 1 amide bonds. The Morgan fingerprint density at radius 3 is 2.76 bits per heavy atom. The van der Waals surface area contributed by atoms with Crippen LogP contribution < -0.4 is 5.32 Å². The highest BCUT2D eigenvalue weighted by Crippen LogP contribution is 2.55. The smallest absolute Gasteiger partial charge is 0.257 e. The Morgan fingerprint density at radius 1 is 1.36 bits per heavy atom. The lowest BCUT2D eigenvalue weighted by molar-refractivity contribution is -0.133. The molecule has 0 bridgehead atoms. The highest BCUT2D eigenvalue weighted by atomic mass is 16.5. The van der Waals surface area contributed by atoms with E-state index < -0.39 is 0 Å². The first-order chi connectivity index (χ1) is 12.2. The summed E-state index contributed by atoms with van der Waals surface area (Å²) >= 11 is 0. The van der Waals surface area contributed by atoms with Crippen molar-refractivity contribution in [1.29, 1.82) is 0 Å². The summed E-state index contributed by atoms with van der Waals surface area (Å²) < 4.78 is 11.1. The molecular formula is C20H30N2O3. The van der Waals surface area contributed by atoms with E-state index in [-0.39, 0.29) is 5.91 Å². The second kappa shape index (κ2) is 7.12. The number of likely N-dealkylation sites (tertiary alicyclic amines) is 1. The van der Waals surface area contributed by atoms with Crippen LogP contribution in [0.25, 0.3) is 0 Å². The number of amides is 1. The van der Waals surface area contributed by atoms with Crippen LogP contribution in [0.1, 0.15) is 62.2 Å². The second-order valence-electron chi connectivity index (χ2n) is 7.92. The average Bonchev–Trinajstić information content (AvgIpc) is 3.33. The Kier molecular flexibility index (Phi) is 4.87. The molecule has 1 N–H and O–H groups in total. The maximum absolute atomic E-state index is 12.4. The van der Waals surface area contributed by atoms with Crippen LogP contribution >= 0.6 is 0 Å². The normalized spacial score (nSPS) is 29.1. The van der Waals surface area contributed by atoms with Crippen molar-refractivity contribution in [2.45, 2.75) is 70.1 Å². The quantitative estimate of drug-likeness (QED) is 0.889. The van der Waals surface area contributed by atoms with Crippen LogP contribution in [0, 0.1) is 5.41 Å². The van der Waals surface area contributed by atoms with Gasteiger partial charge < -0.3 is 19.4 Å². The summed E-state index contributed by atoms with van der Waals surface area (Å²) in [5, 5.41) is 3.93. The first kappa shape index (κ1) is 17.1. The van der Waals surface area contributed by atoms with E-state index in [1.54, 1.807) is 18.6 Å². The molecule has 2 aliphatic carbocycles. The predicted molar refractivity (Wildman–Crippen MR) is 95.5 cm³/mol. The first-order valence-electron chi connectivity index (χ1n) is 9.92. The zero-order chi connectivity index (χ0) is 17.3. The van der Waals surface area contributed by atoms with Gasteiger partial charge in [-0.05, 0) is 45.1 Å². The summed E-state index contributed by atoms with van der Waals surface area (Å²) in [6.45, 7) is 4.59. The van der Waals surface area contributed by atoms with Crippen LogP contribution in [0.5, 0.6) is 0 Å². The Balaban J connectivity index is 1.30. The molecule has 1 spiro atoms. The lowest BCUT2D eigenvalue weighted by atomic mass is 9.60. The van der Waals surface area contributed by atoms with Crippen molar-refractivity contribution in [2.24, 2.45) is 5.41 Å². The van der Waals surface area contributed by atoms with Gasteiger partial charge in [0.25, 0.3) is 5.91 Å². The number of hydrogen-bond donors (Lipinski definition) is 1. The van der Waals surface area contributed by atoms with Gasteiger partial charge in [-0.1, -0.05) is 12.8 Å².